The van der Waals surface area contributed by atoms with E-state index in [-0.39, 0.29) is 0 Å². The molecule has 3 rings (SSSR count). The third kappa shape index (κ3) is 2.58. The number of nitrogens with one attached hydrogen (secondary N) is 1. The Hall–Kier alpha value is -0.510. The fourth-order valence-corrected chi connectivity index (χ4v) is 4.26. The third-order valence-electron chi connectivity index (χ3n) is 4.23. The van der Waals surface area contributed by atoms with E-state index in [1.165, 1.54) is 24.0 Å². The SMILES string of the molecule is OC1(CNC2CCc3ccccc32)CCSCC1. The van der Waals surface area contributed by atoms with E-state index in [0.717, 1.165) is 30.9 Å². The topological polar surface area (TPSA) is 32.3 Å². The Morgan fingerprint density at radius 1 is 1.28 bits per heavy atom. The average Bonchev–Trinajstić information content (AvgIpc) is 2.81. The Morgan fingerprint density at radius 3 is 2.89 bits per heavy atom. The van der Waals surface area contributed by atoms with Gasteiger partial charge in [-0.25, -0.2) is 0 Å². The van der Waals surface area contributed by atoms with Gasteiger partial charge in [-0.3, -0.25) is 0 Å². The molecule has 2 N–H and O–H groups in total. The highest BCUT2D eigenvalue weighted by Crippen LogP contribution is 2.32. The lowest BCUT2D eigenvalue weighted by Gasteiger charge is -2.33. The van der Waals surface area contributed by atoms with Crippen LogP contribution in [0.3, 0.4) is 0 Å². The fourth-order valence-electron chi connectivity index (χ4n) is 3.01. The van der Waals surface area contributed by atoms with Gasteiger partial charge in [0.2, 0.25) is 0 Å². The number of benzene rings is 1. The van der Waals surface area contributed by atoms with Crippen LogP contribution < -0.4 is 5.32 Å². The third-order valence-corrected chi connectivity index (χ3v) is 5.22. The van der Waals surface area contributed by atoms with Crippen LogP contribution in [0.15, 0.2) is 24.3 Å². The Bertz CT molecular complexity index is 415. The van der Waals surface area contributed by atoms with Crippen molar-refractivity contribution >= 4 is 11.8 Å². The quantitative estimate of drug-likeness (QED) is 0.879. The number of aliphatic hydroxyl groups is 1. The molecule has 0 radical (unpaired) electrons. The summed E-state index contributed by atoms with van der Waals surface area (Å²) in [7, 11) is 0. The minimum absolute atomic E-state index is 0.444. The molecule has 98 valence electrons. The van der Waals surface area contributed by atoms with Crippen molar-refractivity contribution in [2.75, 3.05) is 18.1 Å². The van der Waals surface area contributed by atoms with Crippen molar-refractivity contribution < 1.29 is 5.11 Å². The van der Waals surface area contributed by atoms with Gasteiger partial charge < -0.3 is 10.4 Å². The normalized spacial score (nSPS) is 25.9. The van der Waals surface area contributed by atoms with Gasteiger partial charge in [0.25, 0.3) is 0 Å². The van der Waals surface area contributed by atoms with Gasteiger partial charge in [0.1, 0.15) is 0 Å². The van der Waals surface area contributed by atoms with E-state index in [1.807, 2.05) is 11.8 Å². The first-order valence-corrected chi connectivity index (χ1v) is 8.04. The monoisotopic (exact) mass is 263 g/mol. The predicted octanol–water partition coefficient (Wildman–Crippen LogP) is 2.52. The second-order valence-electron chi connectivity index (χ2n) is 5.51. The molecule has 1 fully saturated rings. The van der Waals surface area contributed by atoms with Crippen LogP contribution >= 0.6 is 11.8 Å². The van der Waals surface area contributed by atoms with Gasteiger partial charge in [0, 0.05) is 12.6 Å². The zero-order valence-electron chi connectivity index (χ0n) is 10.7. The summed E-state index contributed by atoms with van der Waals surface area (Å²) >= 11 is 1.96. The molecular formula is C15H21NOS. The van der Waals surface area contributed by atoms with Gasteiger partial charge in [-0.2, -0.15) is 11.8 Å². The minimum Gasteiger partial charge on any atom is -0.389 e. The van der Waals surface area contributed by atoms with Gasteiger partial charge in [-0.05, 0) is 48.3 Å². The summed E-state index contributed by atoms with van der Waals surface area (Å²) in [5, 5.41) is 14.1. The van der Waals surface area contributed by atoms with E-state index in [2.05, 4.69) is 29.6 Å². The fraction of sp³-hybridized carbons (Fsp3) is 0.600. The number of aryl methyl sites for hydroxylation is 1. The van der Waals surface area contributed by atoms with Crippen LogP contribution in [0, 0.1) is 0 Å². The zero-order valence-corrected chi connectivity index (χ0v) is 11.5. The van der Waals surface area contributed by atoms with Crippen LogP contribution in [0.25, 0.3) is 0 Å². The number of hydrogen-bond donors (Lipinski definition) is 2. The van der Waals surface area contributed by atoms with Crippen LogP contribution in [0.5, 0.6) is 0 Å². The van der Waals surface area contributed by atoms with Crippen LogP contribution in [0.1, 0.15) is 36.4 Å². The predicted molar refractivity (Wildman–Crippen MR) is 77.0 cm³/mol. The van der Waals surface area contributed by atoms with Crippen molar-refractivity contribution in [2.45, 2.75) is 37.3 Å². The van der Waals surface area contributed by atoms with Gasteiger partial charge in [-0.15, -0.1) is 0 Å². The maximum absolute atomic E-state index is 10.5. The highest BCUT2D eigenvalue weighted by atomic mass is 32.2. The molecule has 1 aromatic carbocycles. The summed E-state index contributed by atoms with van der Waals surface area (Å²) in [6.45, 7) is 0.743. The summed E-state index contributed by atoms with van der Waals surface area (Å²) in [5.41, 5.74) is 2.44. The van der Waals surface area contributed by atoms with Crippen molar-refractivity contribution in [2.24, 2.45) is 0 Å². The maximum atomic E-state index is 10.5. The molecule has 0 bridgehead atoms. The van der Waals surface area contributed by atoms with E-state index < -0.39 is 5.60 Å². The molecule has 1 atom stereocenters. The molecule has 0 amide bonds. The Labute approximate surface area is 113 Å². The van der Waals surface area contributed by atoms with Crippen LogP contribution in [0.2, 0.25) is 0 Å². The first-order chi connectivity index (χ1) is 8.77. The van der Waals surface area contributed by atoms with Crippen LogP contribution in [-0.4, -0.2) is 28.8 Å². The molecule has 0 spiro atoms. The molecule has 2 aliphatic rings. The maximum Gasteiger partial charge on any atom is 0.0787 e. The molecule has 1 heterocycles. The summed E-state index contributed by atoms with van der Waals surface area (Å²) in [6, 6.07) is 9.13. The molecule has 1 saturated heterocycles. The molecular weight excluding hydrogens is 242 g/mol. The largest absolute Gasteiger partial charge is 0.389 e. The van der Waals surface area contributed by atoms with Crippen molar-refractivity contribution in [3.63, 3.8) is 0 Å². The lowest BCUT2D eigenvalue weighted by Crippen LogP contribution is -2.44. The van der Waals surface area contributed by atoms with Gasteiger partial charge in [0.15, 0.2) is 0 Å². The second kappa shape index (κ2) is 5.24. The Kier molecular flexibility index (Phi) is 3.64. The number of rotatable bonds is 3. The van der Waals surface area contributed by atoms with Gasteiger partial charge >= 0.3 is 0 Å². The van der Waals surface area contributed by atoms with Crippen molar-refractivity contribution in [3.05, 3.63) is 35.4 Å². The number of thioether (sulfide) groups is 1. The van der Waals surface area contributed by atoms with Crippen molar-refractivity contribution in [3.8, 4) is 0 Å². The molecule has 0 aromatic heterocycles. The first kappa shape index (κ1) is 12.5. The van der Waals surface area contributed by atoms with Crippen molar-refractivity contribution in [1.82, 2.24) is 5.32 Å². The summed E-state index contributed by atoms with van der Waals surface area (Å²) < 4.78 is 0. The second-order valence-corrected chi connectivity index (χ2v) is 6.73. The van der Waals surface area contributed by atoms with E-state index in [0.29, 0.717) is 6.04 Å². The van der Waals surface area contributed by atoms with E-state index in [9.17, 15) is 5.11 Å². The summed E-state index contributed by atoms with van der Waals surface area (Å²) in [5.74, 6) is 2.19. The molecule has 2 nitrogen and oxygen atoms in total. The standard InChI is InChI=1S/C15H21NOS/c17-15(7-9-18-10-8-15)11-16-14-6-5-12-3-1-2-4-13(12)14/h1-4,14,16-17H,5-11H2. The highest BCUT2D eigenvalue weighted by Gasteiger charge is 2.31. The number of hydrogen-bond acceptors (Lipinski definition) is 3. The van der Waals surface area contributed by atoms with Gasteiger partial charge in [0.05, 0.1) is 5.60 Å². The zero-order chi connectivity index (χ0) is 12.4. The molecule has 1 aromatic rings. The molecule has 1 unspecified atom stereocenters. The van der Waals surface area contributed by atoms with Crippen molar-refractivity contribution in [1.29, 1.82) is 0 Å². The average molecular weight is 263 g/mol. The van der Waals surface area contributed by atoms with E-state index in [4.69, 9.17) is 0 Å². The van der Waals surface area contributed by atoms with Crippen LogP contribution in [0.4, 0.5) is 0 Å². The first-order valence-electron chi connectivity index (χ1n) is 6.88. The smallest absolute Gasteiger partial charge is 0.0787 e. The summed E-state index contributed by atoms with van der Waals surface area (Å²) in [4.78, 5) is 0. The van der Waals surface area contributed by atoms with E-state index >= 15 is 0 Å². The molecule has 3 heteroatoms. The minimum atomic E-state index is -0.469. The Balaban J connectivity index is 1.61. The lowest BCUT2D eigenvalue weighted by atomic mass is 9.96. The number of fused-ring (bicyclic) bond motifs is 1. The molecule has 1 aliphatic carbocycles. The Morgan fingerprint density at radius 2 is 2.06 bits per heavy atom. The van der Waals surface area contributed by atoms with Crippen LogP contribution in [-0.2, 0) is 6.42 Å². The summed E-state index contributed by atoms with van der Waals surface area (Å²) in [6.07, 6.45) is 4.20. The van der Waals surface area contributed by atoms with E-state index in [1.54, 1.807) is 0 Å². The highest BCUT2D eigenvalue weighted by molar-refractivity contribution is 7.99. The van der Waals surface area contributed by atoms with Gasteiger partial charge in [-0.1, -0.05) is 24.3 Å². The lowest BCUT2D eigenvalue weighted by molar-refractivity contribution is 0.0296. The molecule has 1 aliphatic heterocycles. The molecule has 0 saturated carbocycles. The molecule has 18 heavy (non-hydrogen) atoms.